The van der Waals surface area contributed by atoms with Crippen LogP contribution in [0.15, 0.2) is 21.0 Å². The molecule has 1 fully saturated rings. The molecule has 3 rings (SSSR count). The van der Waals surface area contributed by atoms with Crippen molar-refractivity contribution in [2.45, 2.75) is 32.1 Å². The Bertz CT molecular complexity index is 558. The normalized spacial score (nSPS) is 17.4. The number of aromatic nitrogens is 1. The van der Waals surface area contributed by atoms with E-state index < -0.39 is 0 Å². The molecule has 0 amide bonds. The van der Waals surface area contributed by atoms with Crippen LogP contribution in [0.3, 0.4) is 0 Å². The van der Waals surface area contributed by atoms with Gasteiger partial charge in [-0.25, -0.2) is 4.98 Å². The van der Waals surface area contributed by atoms with Gasteiger partial charge >= 0.3 is 0 Å². The zero-order valence-electron chi connectivity index (χ0n) is 10.5. The van der Waals surface area contributed by atoms with E-state index in [1.807, 2.05) is 0 Å². The van der Waals surface area contributed by atoms with Crippen LogP contribution in [0.1, 0.15) is 37.1 Å². The highest BCUT2D eigenvalue weighted by atomic mass is 79.9. The quantitative estimate of drug-likeness (QED) is 0.921. The van der Waals surface area contributed by atoms with E-state index in [1.165, 1.54) is 5.56 Å². The van der Waals surface area contributed by atoms with Gasteiger partial charge in [0.2, 0.25) is 0 Å². The van der Waals surface area contributed by atoms with E-state index in [0.717, 1.165) is 53.8 Å². The third-order valence-corrected chi connectivity index (χ3v) is 4.21. The molecule has 3 nitrogen and oxygen atoms in total. The van der Waals surface area contributed by atoms with Crippen molar-refractivity contribution in [3.05, 3.63) is 28.1 Å². The molecule has 1 N–H and O–H groups in total. The number of oxazole rings is 1. The summed E-state index contributed by atoms with van der Waals surface area (Å²) in [6.45, 7) is 4.27. The monoisotopic (exact) mass is 308 g/mol. The van der Waals surface area contributed by atoms with Crippen molar-refractivity contribution in [3.8, 4) is 0 Å². The summed E-state index contributed by atoms with van der Waals surface area (Å²) in [5, 5.41) is 3.37. The van der Waals surface area contributed by atoms with Gasteiger partial charge in [-0.2, -0.15) is 0 Å². The average molecular weight is 309 g/mol. The highest BCUT2D eigenvalue weighted by Gasteiger charge is 2.21. The summed E-state index contributed by atoms with van der Waals surface area (Å²) >= 11 is 3.58. The summed E-state index contributed by atoms with van der Waals surface area (Å²) in [4.78, 5) is 4.68. The Labute approximate surface area is 115 Å². The Morgan fingerprint density at radius 1 is 1.39 bits per heavy atom. The van der Waals surface area contributed by atoms with Crippen molar-refractivity contribution in [2.24, 2.45) is 0 Å². The molecule has 2 aromatic rings. The second-order valence-corrected chi connectivity index (χ2v) is 5.71. The maximum Gasteiger partial charge on any atom is 0.198 e. The van der Waals surface area contributed by atoms with E-state index in [0.29, 0.717) is 5.92 Å². The largest absolute Gasteiger partial charge is 0.439 e. The van der Waals surface area contributed by atoms with Crippen LogP contribution in [-0.4, -0.2) is 18.1 Å². The zero-order valence-corrected chi connectivity index (χ0v) is 12.1. The minimum atomic E-state index is 0.468. The van der Waals surface area contributed by atoms with Crippen molar-refractivity contribution >= 4 is 27.0 Å². The van der Waals surface area contributed by atoms with E-state index in [1.54, 1.807) is 0 Å². The second kappa shape index (κ2) is 5.02. The highest BCUT2D eigenvalue weighted by Crippen LogP contribution is 2.32. The molecule has 2 heterocycles. The number of hydrogen-bond acceptors (Lipinski definition) is 3. The molecule has 0 radical (unpaired) electrons. The molecule has 18 heavy (non-hydrogen) atoms. The van der Waals surface area contributed by atoms with Gasteiger partial charge in [-0.05, 0) is 66.0 Å². The number of hydrogen-bond donors (Lipinski definition) is 1. The lowest BCUT2D eigenvalue weighted by atomic mass is 9.98. The fourth-order valence-electron chi connectivity index (χ4n) is 2.51. The number of piperidine rings is 1. The molecule has 0 aliphatic carbocycles. The maximum absolute atomic E-state index is 5.95. The van der Waals surface area contributed by atoms with Crippen LogP contribution in [0.25, 0.3) is 11.1 Å². The maximum atomic E-state index is 5.95. The third kappa shape index (κ3) is 2.19. The van der Waals surface area contributed by atoms with Gasteiger partial charge in [0.15, 0.2) is 11.5 Å². The van der Waals surface area contributed by atoms with Crippen molar-refractivity contribution in [1.82, 2.24) is 10.3 Å². The molecular weight excluding hydrogens is 292 g/mol. The summed E-state index contributed by atoms with van der Waals surface area (Å²) in [7, 11) is 0. The second-order valence-electron chi connectivity index (χ2n) is 4.86. The molecule has 1 aliphatic rings. The number of rotatable bonds is 2. The number of fused-ring (bicyclic) bond motifs is 1. The van der Waals surface area contributed by atoms with E-state index >= 15 is 0 Å². The Balaban J connectivity index is 2.01. The lowest BCUT2D eigenvalue weighted by Crippen LogP contribution is -2.26. The fourth-order valence-corrected chi connectivity index (χ4v) is 3.09. The van der Waals surface area contributed by atoms with Crippen molar-refractivity contribution in [2.75, 3.05) is 13.1 Å². The molecular formula is C14H17BrN2O. The number of nitrogens with zero attached hydrogens (tertiary/aromatic N) is 1. The SMILES string of the molecule is CCc1cc(Br)c2oc(C3CCNCC3)nc2c1. The molecule has 1 aromatic carbocycles. The average Bonchev–Trinajstić information content (AvgIpc) is 2.84. The van der Waals surface area contributed by atoms with E-state index in [9.17, 15) is 0 Å². The standard InChI is InChI=1S/C14H17BrN2O/c1-2-9-7-11(15)13-12(8-9)17-14(18-13)10-3-5-16-6-4-10/h7-8,10,16H,2-6H2,1H3. The van der Waals surface area contributed by atoms with Crippen LogP contribution in [0.2, 0.25) is 0 Å². The summed E-state index contributed by atoms with van der Waals surface area (Å²) < 4.78 is 6.97. The first-order valence-electron chi connectivity index (χ1n) is 6.57. The summed E-state index contributed by atoms with van der Waals surface area (Å²) in [5.41, 5.74) is 3.16. The van der Waals surface area contributed by atoms with Gasteiger partial charge in [-0.15, -0.1) is 0 Å². The van der Waals surface area contributed by atoms with Crippen molar-refractivity contribution < 1.29 is 4.42 Å². The summed E-state index contributed by atoms with van der Waals surface area (Å²) in [6, 6.07) is 4.26. The van der Waals surface area contributed by atoms with Crippen LogP contribution in [0, 0.1) is 0 Å². The Morgan fingerprint density at radius 2 is 2.17 bits per heavy atom. The number of benzene rings is 1. The van der Waals surface area contributed by atoms with Crippen LogP contribution >= 0.6 is 15.9 Å². The molecule has 1 aromatic heterocycles. The van der Waals surface area contributed by atoms with Gasteiger partial charge in [0.05, 0.1) is 4.47 Å². The number of nitrogens with one attached hydrogen (secondary N) is 1. The summed E-state index contributed by atoms with van der Waals surface area (Å²) in [5.74, 6) is 1.37. The van der Waals surface area contributed by atoms with Crippen LogP contribution in [0.5, 0.6) is 0 Å². The molecule has 1 saturated heterocycles. The lowest BCUT2D eigenvalue weighted by molar-refractivity contribution is 0.385. The fraction of sp³-hybridized carbons (Fsp3) is 0.500. The predicted molar refractivity (Wildman–Crippen MR) is 75.9 cm³/mol. The van der Waals surface area contributed by atoms with Gasteiger partial charge in [0.1, 0.15) is 5.52 Å². The Kier molecular flexibility index (Phi) is 3.39. The minimum Gasteiger partial charge on any atom is -0.439 e. The third-order valence-electron chi connectivity index (χ3n) is 3.62. The topological polar surface area (TPSA) is 38.1 Å². The van der Waals surface area contributed by atoms with Gasteiger partial charge in [-0.3, -0.25) is 0 Å². The molecule has 0 bridgehead atoms. The summed E-state index contributed by atoms with van der Waals surface area (Å²) in [6.07, 6.45) is 3.25. The number of aryl methyl sites for hydroxylation is 1. The van der Waals surface area contributed by atoms with Gasteiger partial charge < -0.3 is 9.73 Å². The highest BCUT2D eigenvalue weighted by molar-refractivity contribution is 9.10. The number of halogens is 1. The van der Waals surface area contributed by atoms with Crippen LogP contribution in [0.4, 0.5) is 0 Å². The molecule has 1 aliphatic heterocycles. The smallest absolute Gasteiger partial charge is 0.198 e. The zero-order chi connectivity index (χ0) is 12.5. The molecule has 0 unspecified atom stereocenters. The van der Waals surface area contributed by atoms with Gasteiger partial charge in [0.25, 0.3) is 0 Å². The molecule has 0 saturated carbocycles. The van der Waals surface area contributed by atoms with E-state index in [4.69, 9.17) is 4.42 Å². The lowest BCUT2D eigenvalue weighted by Gasteiger charge is -2.19. The van der Waals surface area contributed by atoms with Crippen LogP contribution < -0.4 is 5.32 Å². The van der Waals surface area contributed by atoms with E-state index in [-0.39, 0.29) is 0 Å². The van der Waals surface area contributed by atoms with Gasteiger partial charge in [0, 0.05) is 5.92 Å². The van der Waals surface area contributed by atoms with Crippen molar-refractivity contribution in [1.29, 1.82) is 0 Å². The first-order chi connectivity index (χ1) is 8.78. The molecule has 0 spiro atoms. The Morgan fingerprint density at radius 3 is 2.89 bits per heavy atom. The first-order valence-corrected chi connectivity index (χ1v) is 7.37. The van der Waals surface area contributed by atoms with Gasteiger partial charge in [-0.1, -0.05) is 6.92 Å². The predicted octanol–water partition coefficient (Wildman–Crippen LogP) is 3.62. The molecule has 0 atom stereocenters. The Hall–Kier alpha value is -0.870. The first kappa shape index (κ1) is 12.2. The van der Waals surface area contributed by atoms with Crippen LogP contribution in [-0.2, 0) is 6.42 Å². The molecule has 4 heteroatoms. The minimum absolute atomic E-state index is 0.468. The van der Waals surface area contributed by atoms with E-state index in [2.05, 4.69) is 45.3 Å². The molecule has 96 valence electrons. The van der Waals surface area contributed by atoms with Crippen molar-refractivity contribution in [3.63, 3.8) is 0 Å².